The van der Waals surface area contributed by atoms with Crippen LogP contribution in [-0.2, 0) is 22.6 Å². The van der Waals surface area contributed by atoms with E-state index in [-0.39, 0.29) is 43.7 Å². The number of fused-ring (bicyclic) bond motifs is 6. The number of carbonyl (C=O) groups excluding carboxylic acids is 3. The molecule has 3 amide bonds. The van der Waals surface area contributed by atoms with Gasteiger partial charge in [-0.15, -0.1) is 0 Å². The van der Waals surface area contributed by atoms with Crippen molar-refractivity contribution in [2.24, 2.45) is 0 Å². The van der Waals surface area contributed by atoms with Crippen LogP contribution < -0.4 is 24.8 Å². The highest BCUT2D eigenvalue weighted by atomic mass is 19.1. The number of nitrogens with one attached hydrogen (secondary N) is 2. The van der Waals surface area contributed by atoms with E-state index in [9.17, 15) is 18.8 Å². The molecular weight excluding hydrogens is 581 g/mol. The molecule has 1 fully saturated rings. The monoisotopic (exact) mass is 615 g/mol. The molecule has 1 saturated heterocycles. The number of likely N-dealkylation sites (tertiary alicyclic amines) is 1. The number of ether oxygens (including phenoxy) is 3. The van der Waals surface area contributed by atoms with Gasteiger partial charge in [0.05, 0.1) is 18.7 Å². The van der Waals surface area contributed by atoms with Crippen LogP contribution in [0.25, 0.3) is 11.0 Å². The van der Waals surface area contributed by atoms with Gasteiger partial charge in [-0.05, 0) is 60.9 Å². The molecule has 10 nitrogen and oxygen atoms in total. The topological polar surface area (TPSA) is 119 Å². The van der Waals surface area contributed by atoms with Gasteiger partial charge in [-0.2, -0.15) is 0 Å². The molecule has 1 aromatic heterocycles. The number of piperidine rings is 1. The molecule has 0 spiro atoms. The quantitative estimate of drug-likeness (QED) is 0.345. The Hall–Kier alpha value is -5.06. The number of methoxy groups -OCH3 is 1. The van der Waals surface area contributed by atoms with Crippen molar-refractivity contribution in [1.29, 1.82) is 0 Å². The van der Waals surface area contributed by atoms with Crippen LogP contribution in [0.5, 0.6) is 17.2 Å². The Bertz CT molecular complexity index is 1750. The molecule has 4 aromatic rings. The van der Waals surface area contributed by atoms with E-state index in [1.165, 1.54) is 19.2 Å². The van der Waals surface area contributed by atoms with Gasteiger partial charge in [-0.3, -0.25) is 14.4 Å². The van der Waals surface area contributed by atoms with E-state index in [0.717, 1.165) is 10.9 Å². The van der Waals surface area contributed by atoms with Gasteiger partial charge < -0.3 is 34.2 Å². The van der Waals surface area contributed by atoms with Crippen molar-refractivity contribution in [3.8, 4) is 17.2 Å². The summed E-state index contributed by atoms with van der Waals surface area (Å²) in [6.45, 7) is 2.10. The second-order valence-corrected chi connectivity index (χ2v) is 11.3. The highest BCUT2D eigenvalue weighted by Gasteiger charge is 2.35. The van der Waals surface area contributed by atoms with Gasteiger partial charge >= 0.3 is 0 Å². The number of rotatable bonds is 2. The SMILES string of the molecule is COc1ccc2cc1OCC(=O)N[C@@H]1CN(C(=O)c3cccc4cc(C)oc34)CC[C@H]1Oc1cc(F)cc(c1)CNC(=O)CC2. The summed E-state index contributed by atoms with van der Waals surface area (Å²) in [7, 11) is 1.51. The number of nitrogens with zero attached hydrogens (tertiary/aromatic N) is 1. The summed E-state index contributed by atoms with van der Waals surface area (Å²) < 4.78 is 38.0. The Morgan fingerprint density at radius 2 is 1.89 bits per heavy atom. The van der Waals surface area contributed by atoms with E-state index in [2.05, 4.69) is 10.6 Å². The van der Waals surface area contributed by atoms with Crippen molar-refractivity contribution in [2.45, 2.75) is 44.9 Å². The zero-order valence-electron chi connectivity index (χ0n) is 25.1. The molecule has 0 aliphatic carbocycles. The summed E-state index contributed by atoms with van der Waals surface area (Å²) in [4.78, 5) is 41.2. The fourth-order valence-electron chi connectivity index (χ4n) is 5.82. The molecule has 0 radical (unpaired) electrons. The normalized spacial score (nSPS) is 19.2. The minimum Gasteiger partial charge on any atom is -0.493 e. The van der Waals surface area contributed by atoms with Crippen LogP contribution in [-0.4, -0.2) is 61.6 Å². The third-order valence-electron chi connectivity index (χ3n) is 8.02. The predicted molar refractivity (Wildman–Crippen MR) is 163 cm³/mol. The van der Waals surface area contributed by atoms with Gasteiger partial charge in [0.15, 0.2) is 18.1 Å². The Balaban J connectivity index is 1.28. The first-order valence-corrected chi connectivity index (χ1v) is 14.9. The van der Waals surface area contributed by atoms with E-state index < -0.39 is 23.9 Å². The molecule has 6 rings (SSSR count). The van der Waals surface area contributed by atoms with E-state index in [4.69, 9.17) is 18.6 Å². The molecule has 3 heterocycles. The van der Waals surface area contributed by atoms with E-state index in [1.807, 2.05) is 31.2 Å². The minimum atomic E-state index is -0.644. The van der Waals surface area contributed by atoms with Crippen LogP contribution in [0.2, 0.25) is 0 Å². The number of para-hydroxylation sites is 1. The highest BCUT2D eigenvalue weighted by molar-refractivity contribution is 6.05. The third kappa shape index (κ3) is 6.87. The summed E-state index contributed by atoms with van der Waals surface area (Å²) in [6.07, 6.45) is 0.413. The predicted octanol–water partition coefficient (Wildman–Crippen LogP) is 4.31. The smallest absolute Gasteiger partial charge is 0.258 e. The Morgan fingerprint density at radius 3 is 2.73 bits per heavy atom. The molecule has 3 aromatic carbocycles. The number of aryl methyl sites for hydroxylation is 2. The Morgan fingerprint density at radius 1 is 1.02 bits per heavy atom. The molecular formula is C34H34FN3O7. The zero-order chi connectivity index (χ0) is 31.5. The van der Waals surface area contributed by atoms with Crippen molar-refractivity contribution in [3.63, 3.8) is 0 Å². The lowest BCUT2D eigenvalue weighted by atomic mass is 10.00. The molecule has 2 atom stereocenters. The molecule has 2 aliphatic heterocycles. The number of hydrogen-bond acceptors (Lipinski definition) is 7. The van der Waals surface area contributed by atoms with Crippen molar-refractivity contribution in [2.75, 3.05) is 26.8 Å². The third-order valence-corrected chi connectivity index (χ3v) is 8.02. The van der Waals surface area contributed by atoms with Crippen molar-refractivity contribution >= 4 is 28.7 Å². The zero-order valence-corrected chi connectivity index (χ0v) is 25.1. The first kappa shape index (κ1) is 30.0. The number of furan rings is 1. The lowest BCUT2D eigenvalue weighted by Gasteiger charge is -2.39. The molecule has 2 N–H and O–H groups in total. The van der Waals surface area contributed by atoms with Gasteiger partial charge in [0.1, 0.15) is 29.0 Å². The van der Waals surface area contributed by atoms with Crippen molar-refractivity contribution < 1.29 is 37.4 Å². The average molecular weight is 616 g/mol. The maximum Gasteiger partial charge on any atom is 0.258 e. The largest absolute Gasteiger partial charge is 0.493 e. The second-order valence-electron chi connectivity index (χ2n) is 11.3. The highest BCUT2D eigenvalue weighted by Crippen LogP contribution is 2.30. The maximum absolute atomic E-state index is 14.6. The summed E-state index contributed by atoms with van der Waals surface area (Å²) in [5.74, 6) is 0.401. The van der Waals surface area contributed by atoms with Gasteiger partial charge in [-0.25, -0.2) is 4.39 Å². The Labute approximate surface area is 259 Å². The van der Waals surface area contributed by atoms with Gasteiger partial charge in [0.2, 0.25) is 5.91 Å². The number of halogens is 1. The van der Waals surface area contributed by atoms with Crippen LogP contribution in [0.3, 0.4) is 0 Å². The fourth-order valence-corrected chi connectivity index (χ4v) is 5.82. The molecule has 2 aliphatic rings. The van der Waals surface area contributed by atoms with E-state index in [0.29, 0.717) is 53.4 Å². The standard InChI is InChI=1S/C34H34FN3O7/c1-20-12-23-4-3-5-26(33(23)44-20)34(41)38-11-10-28-27(18-38)37-32(40)19-43-30-15-21(6-8-29(30)42-2)7-9-31(39)36-17-22-13-24(35)16-25(14-22)45-28/h3-6,8,12-16,27-28H,7,9-11,17-19H2,1-2H3,(H,36,39)(H,37,40)/t27-,28-/m1/s1. The van der Waals surface area contributed by atoms with Gasteiger partial charge in [0, 0.05) is 43.9 Å². The van der Waals surface area contributed by atoms with Crippen LogP contribution in [0, 0.1) is 12.7 Å². The van der Waals surface area contributed by atoms with Crippen LogP contribution in [0.1, 0.15) is 40.1 Å². The molecule has 0 saturated carbocycles. The van der Waals surface area contributed by atoms with Gasteiger partial charge in [-0.1, -0.05) is 18.2 Å². The summed E-state index contributed by atoms with van der Waals surface area (Å²) in [5.41, 5.74) is 2.30. The number of benzene rings is 3. The minimum absolute atomic E-state index is 0.120. The molecule has 4 bridgehead atoms. The Kier molecular flexibility index (Phi) is 8.59. The molecule has 45 heavy (non-hydrogen) atoms. The summed E-state index contributed by atoms with van der Waals surface area (Å²) >= 11 is 0. The molecule has 11 heteroatoms. The van der Waals surface area contributed by atoms with E-state index >= 15 is 0 Å². The van der Waals surface area contributed by atoms with Crippen LogP contribution in [0.15, 0.2) is 65.1 Å². The first-order chi connectivity index (χ1) is 21.7. The molecule has 234 valence electrons. The summed E-state index contributed by atoms with van der Waals surface area (Å²) in [5, 5.41) is 6.64. The van der Waals surface area contributed by atoms with Crippen molar-refractivity contribution in [1.82, 2.24) is 15.5 Å². The second kappa shape index (κ2) is 12.9. The number of carbonyl (C=O) groups is 3. The average Bonchev–Trinajstić information content (AvgIpc) is 3.42. The number of hydrogen-bond donors (Lipinski definition) is 2. The van der Waals surface area contributed by atoms with Crippen LogP contribution >= 0.6 is 0 Å². The lowest BCUT2D eigenvalue weighted by Crippen LogP contribution is -2.58. The van der Waals surface area contributed by atoms with Crippen LogP contribution in [0.4, 0.5) is 4.39 Å². The number of amides is 3. The van der Waals surface area contributed by atoms with Gasteiger partial charge in [0.25, 0.3) is 11.8 Å². The fraction of sp³-hybridized carbons (Fsp3) is 0.324. The summed E-state index contributed by atoms with van der Waals surface area (Å²) in [6, 6.07) is 16.2. The maximum atomic E-state index is 14.6. The molecule has 0 unspecified atom stereocenters. The van der Waals surface area contributed by atoms with Crippen molar-refractivity contribution in [3.05, 3.63) is 88.9 Å². The lowest BCUT2D eigenvalue weighted by molar-refractivity contribution is -0.125. The van der Waals surface area contributed by atoms with E-state index in [1.54, 1.807) is 29.2 Å². The first-order valence-electron chi connectivity index (χ1n) is 14.9.